The van der Waals surface area contributed by atoms with Gasteiger partial charge < -0.3 is 9.80 Å². The average molecular weight is 421 g/mol. The predicted octanol–water partition coefficient (Wildman–Crippen LogP) is 3.38. The van der Waals surface area contributed by atoms with Crippen LogP contribution in [0.1, 0.15) is 19.4 Å². The van der Waals surface area contributed by atoms with Crippen molar-refractivity contribution in [3.05, 3.63) is 65.2 Å². The lowest BCUT2D eigenvalue weighted by molar-refractivity contribution is -0.133. The first-order chi connectivity index (χ1) is 13.2. The van der Waals surface area contributed by atoms with E-state index < -0.39 is 14.6 Å². The van der Waals surface area contributed by atoms with Crippen molar-refractivity contribution >= 4 is 33.0 Å². The second-order valence-electron chi connectivity index (χ2n) is 7.51. The molecule has 1 heterocycles. The molecule has 1 aliphatic heterocycles. The maximum Gasteiger partial charge on any atom is 0.243 e. The Bertz CT molecular complexity index is 920. The second-order valence-corrected chi connectivity index (χ2v) is 10.5. The zero-order valence-corrected chi connectivity index (χ0v) is 17.7. The molecule has 0 spiro atoms. The van der Waals surface area contributed by atoms with E-state index in [-0.39, 0.29) is 11.7 Å². The van der Waals surface area contributed by atoms with Gasteiger partial charge in [-0.05, 0) is 43.7 Å². The summed E-state index contributed by atoms with van der Waals surface area (Å²) in [5.74, 6) is -0.526. The van der Waals surface area contributed by atoms with Crippen molar-refractivity contribution in [1.82, 2.24) is 4.90 Å². The lowest BCUT2D eigenvalue weighted by atomic mass is 10.1. The van der Waals surface area contributed by atoms with Gasteiger partial charge in [-0.15, -0.1) is 0 Å². The maximum absolute atomic E-state index is 13.1. The highest BCUT2D eigenvalue weighted by Gasteiger charge is 2.44. The fourth-order valence-corrected chi connectivity index (χ4v) is 4.81. The van der Waals surface area contributed by atoms with E-state index in [2.05, 4.69) is 4.90 Å². The van der Waals surface area contributed by atoms with Gasteiger partial charge in [0.05, 0.1) is 5.75 Å². The van der Waals surface area contributed by atoms with Crippen LogP contribution < -0.4 is 4.90 Å². The predicted molar refractivity (Wildman–Crippen MR) is 113 cm³/mol. The number of anilines is 1. The Labute approximate surface area is 171 Å². The van der Waals surface area contributed by atoms with Gasteiger partial charge in [0.15, 0.2) is 9.84 Å². The SMILES string of the molecule is CC(C)(C(=O)N1CCN(c2ccccc2)CC1)S(=O)(=O)Cc1ccc(Cl)cc1. The number of hydrogen-bond donors (Lipinski definition) is 0. The Hall–Kier alpha value is -2.05. The van der Waals surface area contributed by atoms with Crippen LogP contribution >= 0.6 is 11.6 Å². The average Bonchev–Trinajstić information content (AvgIpc) is 2.69. The number of hydrogen-bond acceptors (Lipinski definition) is 4. The van der Waals surface area contributed by atoms with E-state index in [1.165, 1.54) is 13.8 Å². The Morgan fingerprint density at radius 3 is 2.11 bits per heavy atom. The molecule has 1 aliphatic rings. The van der Waals surface area contributed by atoms with Gasteiger partial charge in [0, 0.05) is 36.9 Å². The van der Waals surface area contributed by atoms with Gasteiger partial charge in [-0.1, -0.05) is 41.9 Å². The number of para-hydroxylation sites is 1. The van der Waals surface area contributed by atoms with Crippen molar-refractivity contribution in [3.8, 4) is 0 Å². The molecule has 0 N–H and O–H groups in total. The van der Waals surface area contributed by atoms with Gasteiger partial charge in [0.1, 0.15) is 4.75 Å². The standard InChI is InChI=1S/C21H25ClN2O3S/c1-21(2,28(26,27)16-17-8-10-18(22)11-9-17)20(25)24-14-12-23(13-15-24)19-6-4-3-5-7-19/h3-11H,12-16H2,1-2H3. The molecule has 0 aromatic heterocycles. The Morgan fingerprint density at radius 1 is 0.964 bits per heavy atom. The van der Waals surface area contributed by atoms with Crippen molar-refractivity contribution in [2.75, 3.05) is 31.1 Å². The Kier molecular flexibility index (Phi) is 6.01. The zero-order chi connectivity index (χ0) is 20.4. The molecule has 1 saturated heterocycles. The van der Waals surface area contributed by atoms with Crippen molar-refractivity contribution in [3.63, 3.8) is 0 Å². The molecule has 2 aromatic rings. The van der Waals surface area contributed by atoms with Gasteiger partial charge in [-0.3, -0.25) is 4.79 Å². The van der Waals surface area contributed by atoms with E-state index in [0.717, 1.165) is 5.69 Å². The number of carbonyl (C=O) groups is 1. The summed E-state index contributed by atoms with van der Waals surface area (Å²) in [7, 11) is -3.69. The molecule has 0 aliphatic carbocycles. The van der Waals surface area contributed by atoms with Crippen LogP contribution in [-0.2, 0) is 20.4 Å². The number of piperazine rings is 1. The minimum atomic E-state index is -3.69. The third-order valence-electron chi connectivity index (χ3n) is 5.25. The number of halogens is 1. The number of amides is 1. The first kappa shape index (κ1) is 20.7. The van der Waals surface area contributed by atoms with Gasteiger partial charge in [-0.2, -0.15) is 0 Å². The molecule has 3 rings (SSSR count). The van der Waals surface area contributed by atoms with Crippen LogP contribution in [0.25, 0.3) is 0 Å². The third kappa shape index (κ3) is 4.33. The first-order valence-electron chi connectivity index (χ1n) is 9.27. The third-order valence-corrected chi connectivity index (χ3v) is 7.95. The monoisotopic (exact) mass is 420 g/mol. The van der Waals surface area contributed by atoms with Gasteiger partial charge in [0.25, 0.3) is 0 Å². The van der Waals surface area contributed by atoms with Gasteiger partial charge in [0.2, 0.25) is 5.91 Å². The van der Waals surface area contributed by atoms with Gasteiger partial charge >= 0.3 is 0 Å². The van der Waals surface area contributed by atoms with E-state index in [1.807, 2.05) is 30.3 Å². The molecule has 1 fully saturated rings. The summed E-state index contributed by atoms with van der Waals surface area (Å²) in [6, 6.07) is 16.7. The quantitative estimate of drug-likeness (QED) is 0.744. The summed E-state index contributed by atoms with van der Waals surface area (Å²) < 4.78 is 24.5. The molecule has 2 aromatic carbocycles. The fourth-order valence-electron chi connectivity index (χ4n) is 3.30. The number of rotatable bonds is 5. The molecule has 0 unspecified atom stereocenters. The number of benzene rings is 2. The van der Waals surface area contributed by atoms with E-state index in [0.29, 0.717) is 36.8 Å². The van der Waals surface area contributed by atoms with Crippen LogP contribution in [-0.4, -0.2) is 50.2 Å². The lowest BCUT2D eigenvalue weighted by Crippen LogP contribution is -2.56. The summed E-state index contributed by atoms with van der Waals surface area (Å²) in [4.78, 5) is 16.9. The van der Waals surface area contributed by atoms with Crippen molar-refractivity contribution in [2.24, 2.45) is 0 Å². The molecular weight excluding hydrogens is 396 g/mol. The van der Waals surface area contributed by atoms with E-state index in [1.54, 1.807) is 29.2 Å². The van der Waals surface area contributed by atoms with Gasteiger partial charge in [-0.25, -0.2) is 8.42 Å². The Morgan fingerprint density at radius 2 is 1.54 bits per heavy atom. The topological polar surface area (TPSA) is 57.7 Å². The van der Waals surface area contributed by atoms with Crippen LogP contribution in [0.15, 0.2) is 54.6 Å². The van der Waals surface area contributed by atoms with Crippen LogP contribution in [0.5, 0.6) is 0 Å². The maximum atomic E-state index is 13.1. The molecule has 1 amide bonds. The van der Waals surface area contributed by atoms with Crippen LogP contribution in [0.4, 0.5) is 5.69 Å². The largest absolute Gasteiger partial charge is 0.368 e. The van der Waals surface area contributed by atoms with Crippen LogP contribution in [0.2, 0.25) is 5.02 Å². The molecule has 28 heavy (non-hydrogen) atoms. The van der Waals surface area contributed by atoms with Crippen molar-refractivity contribution in [2.45, 2.75) is 24.3 Å². The van der Waals surface area contributed by atoms with E-state index in [4.69, 9.17) is 11.6 Å². The fraction of sp³-hybridized carbons (Fsp3) is 0.381. The molecule has 5 nitrogen and oxygen atoms in total. The smallest absolute Gasteiger partial charge is 0.243 e. The summed E-state index contributed by atoms with van der Waals surface area (Å²) in [5, 5.41) is 0.549. The first-order valence-corrected chi connectivity index (χ1v) is 11.3. The normalized spacial score (nSPS) is 15.5. The molecular formula is C21H25ClN2O3S. The number of carbonyl (C=O) groups excluding carboxylic acids is 1. The van der Waals surface area contributed by atoms with E-state index in [9.17, 15) is 13.2 Å². The summed E-state index contributed by atoms with van der Waals surface area (Å²) >= 11 is 5.87. The molecule has 7 heteroatoms. The highest BCUT2D eigenvalue weighted by Crippen LogP contribution is 2.26. The highest BCUT2D eigenvalue weighted by atomic mass is 35.5. The van der Waals surface area contributed by atoms with Crippen LogP contribution in [0.3, 0.4) is 0 Å². The van der Waals surface area contributed by atoms with Crippen molar-refractivity contribution < 1.29 is 13.2 Å². The van der Waals surface area contributed by atoms with Crippen LogP contribution in [0, 0.1) is 0 Å². The number of nitrogens with zero attached hydrogens (tertiary/aromatic N) is 2. The van der Waals surface area contributed by atoms with E-state index >= 15 is 0 Å². The summed E-state index contributed by atoms with van der Waals surface area (Å²) in [5.41, 5.74) is 1.74. The zero-order valence-electron chi connectivity index (χ0n) is 16.1. The molecule has 0 atom stereocenters. The van der Waals surface area contributed by atoms with Crippen molar-refractivity contribution in [1.29, 1.82) is 0 Å². The number of sulfone groups is 1. The lowest BCUT2D eigenvalue weighted by Gasteiger charge is -2.39. The summed E-state index contributed by atoms with van der Waals surface area (Å²) in [6.07, 6.45) is 0. The second kappa shape index (κ2) is 8.13. The minimum absolute atomic E-state index is 0.188. The Balaban J connectivity index is 1.67. The minimum Gasteiger partial charge on any atom is -0.368 e. The molecule has 0 radical (unpaired) electrons. The molecule has 150 valence electrons. The molecule has 0 saturated carbocycles. The summed E-state index contributed by atoms with van der Waals surface area (Å²) in [6.45, 7) is 5.39. The molecule has 0 bridgehead atoms. The highest BCUT2D eigenvalue weighted by molar-refractivity contribution is 7.92.